The van der Waals surface area contributed by atoms with Crippen LogP contribution in [0.3, 0.4) is 0 Å². The van der Waals surface area contributed by atoms with Crippen LogP contribution >= 0.6 is 12.4 Å². The number of fused-ring (bicyclic) bond motifs is 1. The highest BCUT2D eigenvalue weighted by Crippen LogP contribution is 2.34. The van der Waals surface area contributed by atoms with Gasteiger partial charge in [-0.15, -0.1) is 12.4 Å². The van der Waals surface area contributed by atoms with Crippen LogP contribution in [0.1, 0.15) is 19.3 Å². The molecule has 1 aromatic rings. The van der Waals surface area contributed by atoms with Crippen molar-refractivity contribution < 1.29 is 22.7 Å². The predicted octanol–water partition coefficient (Wildman–Crippen LogP) is 1.01. The Balaban J connectivity index is 0.00000280. The second-order valence-electron chi connectivity index (χ2n) is 6.73. The van der Waals surface area contributed by atoms with E-state index in [2.05, 4.69) is 10.6 Å². The number of benzene rings is 1. The summed E-state index contributed by atoms with van der Waals surface area (Å²) in [5.74, 6) is 0.904. The van der Waals surface area contributed by atoms with Crippen LogP contribution in [0.4, 0.5) is 0 Å². The molecule has 2 aliphatic heterocycles. The van der Waals surface area contributed by atoms with Crippen molar-refractivity contribution in [2.24, 2.45) is 5.92 Å². The average molecular weight is 434 g/mol. The smallest absolute Gasteiger partial charge is 0.243 e. The Hall–Kier alpha value is -1.55. The third-order valence-corrected chi connectivity index (χ3v) is 6.77. The summed E-state index contributed by atoms with van der Waals surface area (Å²) in [6, 6.07) is 4.69. The summed E-state index contributed by atoms with van der Waals surface area (Å²) in [5, 5.41) is 5.97. The minimum Gasteiger partial charge on any atom is -0.486 e. The number of rotatable bonds is 7. The van der Waals surface area contributed by atoms with E-state index in [9.17, 15) is 13.2 Å². The molecule has 0 saturated carbocycles. The molecule has 2 heterocycles. The number of halogens is 1. The molecule has 0 unspecified atom stereocenters. The fourth-order valence-corrected chi connectivity index (χ4v) is 4.80. The Bertz CT molecular complexity index is 766. The highest BCUT2D eigenvalue weighted by molar-refractivity contribution is 7.89. The highest BCUT2D eigenvalue weighted by Gasteiger charge is 2.32. The molecule has 1 saturated heterocycles. The number of hydrogen-bond acceptors (Lipinski definition) is 6. The van der Waals surface area contributed by atoms with Gasteiger partial charge in [-0.2, -0.15) is 4.31 Å². The number of piperidine rings is 1. The Labute approximate surface area is 172 Å². The molecule has 0 aliphatic carbocycles. The Morgan fingerprint density at radius 1 is 1.14 bits per heavy atom. The summed E-state index contributed by atoms with van der Waals surface area (Å²) in [7, 11) is -1.74. The largest absolute Gasteiger partial charge is 0.486 e. The van der Waals surface area contributed by atoms with Crippen molar-refractivity contribution in [3.63, 3.8) is 0 Å². The van der Waals surface area contributed by atoms with Gasteiger partial charge in [-0.1, -0.05) is 0 Å². The normalized spacial score (nSPS) is 17.6. The minimum atomic E-state index is -3.61. The zero-order chi connectivity index (χ0) is 19.3. The summed E-state index contributed by atoms with van der Waals surface area (Å²) in [5.41, 5.74) is 0. The SMILES string of the molecule is CNCCCNC(=O)C1CCN(S(=O)(=O)c2ccc3c(c2)OCCO3)CC1.Cl. The minimum absolute atomic E-state index is 0. The van der Waals surface area contributed by atoms with Gasteiger partial charge in [0.1, 0.15) is 13.2 Å². The zero-order valence-corrected chi connectivity index (χ0v) is 17.6. The third-order valence-electron chi connectivity index (χ3n) is 4.88. The number of carbonyl (C=O) groups is 1. The second-order valence-corrected chi connectivity index (χ2v) is 8.67. The average Bonchev–Trinajstić information content (AvgIpc) is 2.70. The summed E-state index contributed by atoms with van der Waals surface area (Å²) in [6.45, 7) is 3.04. The van der Waals surface area contributed by atoms with Gasteiger partial charge in [-0.3, -0.25) is 4.79 Å². The van der Waals surface area contributed by atoms with Gasteiger partial charge < -0.3 is 20.1 Å². The maximum atomic E-state index is 12.9. The van der Waals surface area contributed by atoms with Crippen LogP contribution in [-0.2, 0) is 14.8 Å². The molecule has 2 aliphatic rings. The van der Waals surface area contributed by atoms with Crippen molar-refractivity contribution >= 4 is 28.3 Å². The van der Waals surface area contributed by atoms with Crippen LogP contribution in [0.5, 0.6) is 11.5 Å². The standard InChI is InChI=1S/C18H27N3O5S.ClH/c1-19-7-2-8-20-18(22)14-5-9-21(10-6-14)27(23,24)15-3-4-16-17(13-15)26-12-11-25-16;/h3-4,13-14,19H,2,5-12H2,1H3,(H,20,22);1H. The topological polar surface area (TPSA) is 97.0 Å². The van der Waals surface area contributed by atoms with Crippen LogP contribution in [0.15, 0.2) is 23.1 Å². The van der Waals surface area contributed by atoms with E-state index < -0.39 is 10.0 Å². The molecule has 8 nitrogen and oxygen atoms in total. The quantitative estimate of drug-likeness (QED) is 0.623. The van der Waals surface area contributed by atoms with Crippen molar-refractivity contribution in [1.29, 1.82) is 0 Å². The van der Waals surface area contributed by atoms with E-state index in [1.165, 1.54) is 10.4 Å². The van der Waals surface area contributed by atoms with Crippen LogP contribution in [0, 0.1) is 5.92 Å². The van der Waals surface area contributed by atoms with E-state index in [-0.39, 0.29) is 29.1 Å². The monoisotopic (exact) mass is 433 g/mol. The van der Waals surface area contributed by atoms with E-state index in [1.54, 1.807) is 12.1 Å². The Morgan fingerprint density at radius 2 is 1.82 bits per heavy atom. The van der Waals surface area contributed by atoms with Gasteiger partial charge in [-0.25, -0.2) is 8.42 Å². The first-order chi connectivity index (χ1) is 13.0. The van der Waals surface area contributed by atoms with Gasteiger partial charge in [0.2, 0.25) is 15.9 Å². The molecular formula is C18H28ClN3O5S. The summed E-state index contributed by atoms with van der Waals surface area (Å²) < 4.78 is 38.2. The second kappa shape index (κ2) is 10.3. The first-order valence-electron chi connectivity index (χ1n) is 9.34. The fourth-order valence-electron chi connectivity index (χ4n) is 3.31. The van der Waals surface area contributed by atoms with Gasteiger partial charge >= 0.3 is 0 Å². The molecular weight excluding hydrogens is 406 g/mol. The number of nitrogens with one attached hydrogen (secondary N) is 2. The lowest BCUT2D eigenvalue weighted by Gasteiger charge is -2.30. The fraction of sp³-hybridized carbons (Fsp3) is 0.611. The molecule has 10 heteroatoms. The molecule has 0 aromatic heterocycles. The third kappa shape index (κ3) is 5.28. The lowest BCUT2D eigenvalue weighted by Crippen LogP contribution is -2.43. The van der Waals surface area contributed by atoms with Gasteiger partial charge in [0.15, 0.2) is 11.5 Å². The highest BCUT2D eigenvalue weighted by atomic mass is 35.5. The molecule has 158 valence electrons. The molecule has 0 radical (unpaired) electrons. The van der Waals surface area contributed by atoms with Crippen molar-refractivity contribution in [3.8, 4) is 11.5 Å². The number of ether oxygens (including phenoxy) is 2. The van der Waals surface area contributed by atoms with Crippen LogP contribution < -0.4 is 20.1 Å². The van der Waals surface area contributed by atoms with E-state index in [0.29, 0.717) is 57.2 Å². The van der Waals surface area contributed by atoms with E-state index >= 15 is 0 Å². The van der Waals surface area contributed by atoms with Crippen molar-refractivity contribution in [3.05, 3.63) is 18.2 Å². The Morgan fingerprint density at radius 3 is 2.50 bits per heavy atom. The van der Waals surface area contributed by atoms with Crippen LogP contribution in [-0.4, -0.2) is 65.1 Å². The molecule has 1 aromatic carbocycles. The molecule has 2 N–H and O–H groups in total. The van der Waals surface area contributed by atoms with Crippen molar-refractivity contribution in [2.45, 2.75) is 24.2 Å². The molecule has 1 fully saturated rings. The zero-order valence-electron chi connectivity index (χ0n) is 16.0. The van der Waals surface area contributed by atoms with E-state index in [0.717, 1.165) is 13.0 Å². The molecule has 3 rings (SSSR count). The number of carbonyl (C=O) groups excluding carboxylic acids is 1. The molecule has 0 bridgehead atoms. The Kier molecular flexibility index (Phi) is 8.36. The number of nitrogens with zero attached hydrogens (tertiary/aromatic N) is 1. The van der Waals surface area contributed by atoms with Gasteiger partial charge in [-0.05, 0) is 45.0 Å². The summed E-state index contributed by atoms with van der Waals surface area (Å²) >= 11 is 0. The molecule has 0 spiro atoms. The van der Waals surface area contributed by atoms with Crippen LogP contribution in [0.2, 0.25) is 0 Å². The van der Waals surface area contributed by atoms with Crippen LogP contribution in [0.25, 0.3) is 0 Å². The number of sulfonamides is 1. The van der Waals surface area contributed by atoms with Crippen molar-refractivity contribution in [1.82, 2.24) is 14.9 Å². The maximum Gasteiger partial charge on any atom is 0.243 e. The molecule has 0 atom stereocenters. The summed E-state index contributed by atoms with van der Waals surface area (Å²) in [6.07, 6.45) is 1.93. The van der Waals surface area contributed by atoms with Crippen molar-refractivity contribution in [2.75, 3.05) is 46.4 Å². The summed E-state index contributed by atoms with van der Waals surface area (Å²) in [4.78, 5) is 12.4. The number of hydrogen-bond donors (Lipinski definition) is 2. The first kappa shape index (κ1) is 22.7. The lowest BCUT2D eigenvalue weighted by molar-refractivity contribution is -0.126. The predicted molar refractivity (Wildman–Crippen MR) is 108 cm³/mol. The van der Waals surface area contributed by atoms with Gasteiger partial charge in [0, 0.05) is 31.6 Å². The van der Waals surface area contributed by atoms with Gasteiger partial charge in [0.05, 0.1) is 4.90 Å². The van der Waals surface area contributed by atoms with Gasteiger partial charge in [0.25, 0.3) is 0 Å². The lowest BCUT2D eigenvalue weighted by atomic mass is 9.97. The maximum absolute atomic E-state index is 12.9. The first-order valence-corrected chi connectivity index (χ1v) is 10.8. The number of amides is 1. The molecule has 28 heavy (non-hydrogen) atoms. The van der Waals surface area contributed by atoms with E-state index in [4.69, 9.17) is 9.47 Å². The molecule has 1 amide bonds. The van der Waals surface area contributed by atoms with E-state index in [1.807, 2.05) is 7.05 Å².